The van der Waals surface area contributed by atoms with Crippen LogP contribution in [0.15, 0.2) is 83.6 Å². The van der Waals surface area contributed by atoms with Gasteiger partial charge in [-0.05, 0) is 42.5 Å². The smallest absolute Gasteiger partial charge is 0.414 e. The van der Waals surface area contributed by atoms with Crippen LogP contribution in [0.3, 0.4) is 0 Å². The van der Waals surface area contributed by atoms with Crippen molar-refractivity contribution in [2.24, 2.45) is 0 Å². The number of hydrogen-bond donors (Lipinski definition) is 1. The number of benzene rings is 3. The highest BCUT2D eigenvalue weighted by Crippen LogP contribution is 2.46. The van der Waals surface area contributed by atoms with Gasteiger partial charge in [-0.15, -0.1) is 0 Å². The highest BCUT2D eigenvalue weighted by molar-refractivity contribution is 6.31. The Balaban J connectivity index is 1.27. The summed E-state index contributed by atoms with van der Waals surface area (Å²) in [6.45, 7) is 1.75. The molecule has 1 aliphatic rings. The molecule has 0 spiro atoms. The summed E-state index contributed by atoms with van der Waals surface area (Å²) >= 11 is 6.19. The van der Waals surface area contributed by atoms with Gasteiger partial charge in [-0.1, -0.05) is 78.3 Å². The number of ether oxygens (including phenoxy) is 1. The van der Waals surface area contributed by atoms with Gasteiger partial charge in [-0.3, -0.25) is 5.32 Å². The number of anilines is 1. The van der Waals surface area contributed by atoms with Crippen LogP contribution in [0.1, 0.15) is 37.0 Å². The van der Waals surface area contributed by atoms with Gasteiger partial charge in [0.15, 0.2) is 6.39 Å². The van der Waals surface area contributed by atoms with Crippen molar-refractivity contribution in [1.82, 2.24) is 4.98 Å². The van der Waals surface area contributed by atoms with Crippen LogP contribution in [0.2, 0.25) is 5.02 Å². The van der Waals surface area contributed by atoms with Crippen LogP contribution >= 0.6 is 11.6 Å². The molecule has 1 amide bonds. The Hall–Kier alpha value is -3.90. The van der Waals surface area contributed by atoms with Gasteiger partial charge in [0.1, 0.15) is 18.1 Å². The molecular weight excluding hydrogens is 464 g/mol. The summed E-state index contributed by atoms with van der Waals surface area (Å²) in [5, 5.41) is 3.15. The van der Waals surface area contributed by atoms with Crippen molar-refractivity contribution >= 4 is 29.9 Å². The Kier molecular flexibility index (Phi) is 6.14. The molecule has 6 nitrogen and oxygen atoms in total. The molecule has 176 valence electrons. The number of aromatic nitrogens is 1. The van der Waals surface area contributed by atoms with E-state index in [4.69, 9.17) is 20.8 Å². The Labute approximate surface area is 207 Å². The highest BCUT2D eigenvalue weighted by atomic mass is 35.5. The van der Waals surface area contributed by atoms with E-state index in [0.29, 0.717) is 16.3 Å². The molecule has 0 unspecified atom stereocenters. The van der Waals surface area contributed by atoms with Crippen LogP contribution in [-0.2, 0) is 14.9 Å². The third-order valence-electron chi connectivity index (χ3n) is 6.38. The van der Waals surface area contributed by atoms with Gasteiger partial charge in [0, 0.05) is 16.1 Å². The van der Waals surface area contributed by atoms with Crippen molar-refractivity contribution in [3.05, 3.63) is 95.3 Å². The molecule has 1 N–H and O–H groups in total. The fourth-order valence-electron chi connectivity index (χ4n) is 4.12. The van der Waals surface area contributed by atoms with Crippen LogP contribution in [0.25, 0.3) is 22.4 Å². The molecule has 1 fully saturated rings. The van der Waals surface area contributed by atoms with E-state index in [1.54, 1.807) is 13.0 Å². The molecule has 1 aliphatic carbocycles. The second-order valence-electron chi connectivity index (χ2n) is 8.65. The highest BCUT2D eigenvalue weighted by Gasteiger charge is 2.44. The fourth-order valence-corrected chi connectivity index (χ4v) is 4.41. The SMILES string of the molecule is C[C@@H](OC(=O)Nc1ocnc1-c1ccc(-c2ccc(C3(C=O)CC3)cc2)cc1)c1ccccc1Cl. The van der Waals surface area contributed by atoms with Crippen LogP contribution < -0.4 is 5.32 Å². The lowest BCUT2D eigenvalue weighted by Gasteiger charge is -2.15. The van der Waals surface area contributed by atoms with E-state index in [2.05, 4.69) is 10.3 Å². The Morgan fingerprint density at radius 3 is 2.29 bits per heavy atom. The summed E-state index contributed by atoms with van der Waals surface area (Å²) in [6.07, 6.45) is 2.97. The Morgan fingerprint density at radius 2 is 1.66 bits per heavy atom. The molecule has 7 heteroatoms. The predicted octanol–water partition coefficient (Wildman–Crippen LogP) is 7.20. The molecule has 0 aliphatic heterocycles. The molecule has 0 bridgehead atoms. The first kappa shape index (κ1) is 22.9. The topological polar surface area (TPSA) is 81.4 Å². The van der Waals surface area contributed by atoms with Gasteiger partial charge in [0.2, 0.25) is 5.88 Å². The van der Waals surface area contributed by atoms with Crippen molar-refractivity contribution in [3.63, 3.8) is 0 Å². The summed E-state index contributed by atoms with van der Waals surface area (Å²) < 4.78 is 10.9. The lowest BCUT2D eigenvalue weighted by atomic mass is 9.94. The van der Waals surface area contributed by atoms with Crippen LogP contribution in [0.5, 0.6) is 0 Å². The zero-order valence-electron chi connectivity index (χ0n) is 19.0. The van der Waals surface area contributed by atoms with E-state index >= 15 is 0 Å². The number of nitrogens with one attached hydrogen (secondary N) is 1. The van der Waals surface area contributed by atoms with E-state index in [9.17, 15) is 9.59 Å². The van der Waals surface area contributed by atoms with E-state index in [1.165, 1.54) is 6.39 Å². The third kappa shape index (κ3) is 4.70. The van der Waals surface area contributed by atoms with Crippen LogP contribution in [0, 0.1) is 0 Å². The average Bonchev–Trinajstić information content (AvgIpc) is 3.56. The molecule has 1 aromatic heterocycles. The predicted molar refractivity (Wildman–Crippen MR) is 134 cm³/mol. The van der Waals surface area contributed by atoms with Crippen molar-refractivity contribution in [2.75, 3.05) is 5.32 Å². The zero-order chi connectivity index (χ0) is 24.4. The first-order valence-electron chi connectivity index (χ1n) is 11.3. The van der Waals surface area contributed by atoms with Crippen molar-refractivity contribution in [3.8, 4) is 22.4 Å². The molecule has 1 heterocycles. The van der Waals surface area contributed by atoms with Gasteiger partial charge in [-0.2, -0.15) is 0 Å². The first-order chi connectivity index (χ1) is 17.0. The molecule has 35 heavy (non-hydrogen) atoms. The average molecular weight is 487 g/mol. The van der Waals surface area contributed by atoms with Crippen molar-refractivity contribution in [1.29, 1.82) is 0 Å². The number of amides is 1. The molecule has 1 atom stereocenters. The van der Waals surface area contributed by atoms with E-state index in [0.717, 1.165) is 41.4 Å². The monoisotopic (exact) mass is 486 g/mol. The van der Waals surface area contributed by atoms with Gasteiger partial charge < -0.3 is 13.9 Å². The molecule has 5 rings (SSSR count). The van der Waals surface area contributed by atoms with Gasteiger partial charge in [-0.25, -0.2) is 9.78 Å². The molecule has 0 saturated heterocycles. The quantitative estimate of drug-likeness (QED) is 0.279. The third-order valence-corrected chi connectivity index (χ3v) is 6.72. The van der Waals surface area contributed by atoms with Crippen molar-refractivity contribution < 1.29 is 18.7 Å². The van der Waals surface area contributed by atoms with E-state index in [-0.39, 0.29) is 11.3 Å². The maximum atomic E-state index is 12.5. The summed E-state index contributed by atoms with van der Waals surface area (Å²) in [5.74, 6) is 0.196. The fraction of sp³-hybridized carbons (Fsp3) is 0.179. The Morgan fingerprint density at radius 1 is 1.03 bits per heavy atom. The lowest BCUT2D eigenvalue weighted by Crippen LogP contribution is -2.16. The summed E-state index contributed by atoms with van der Waals surface area (Å²) in [4.78, 5) is 28.1. The maximum absolute atomic E-state index is 12.5. The standard InChI is InChI=1S/C28H23ClN2O4/c1-18(23-4-2-3-5-24(23)29)35-27(33)31-26-25(30-17-34-26)21-8-6-19(7-9-21)20-10-12-22(13-11-20)28(16-32)14-15-28/h2-13,16-18H,14-15H2,1H3,(H,31,33)/t18-/m1/s1. The second kappa shape index (κ2) is 9.39. The molecule has 4 aromatic rings. The number of halogens is 1. The number of carbonyl (C=O) groups is 2. The molecular formula is C28H23ClN2O4. The number of rotatable bonds is 7. The Bertz CT molecular complexity index is 1360. The number of hydrogen-bond acceptors (Lipinski definition) is 5. The summed E-state index contributed by atoms with van der Waals surface area (Å²) in [5.41, 5.74) is 4.87. The van der Waals surface area contributed by atoms with Gasteiger partial charge in [0.25, 0.3) is 0 Å². The number of nitrogens with zero attached hydrogens (tertiary/aromatic N) is 1. The molecule has 1 saturated carbocycles. The van der Waals surface area contributed by atoms with E-state index in [1.807, 2.05) is 66.7 Å². The van der Waals surface area contributed by atoms with Gasteiger partial charge >= 0.3 is 6.09 Å². The normalized spacial score (nSPS) is 14.7. The van der Waals surface area contributed by atoms with Crippen molar-refractivity contribution in [2.45, 2.75) is 31.3 Å². The van der Waals surface area contributed by atoms with Crippen LogP contribution in [0.4, 0.5) is 10.7 Å². The largest absolute Gasteiger partial charge is 0.441 e. The zero-order valence-corrected chi connectivity index (χ0v) is 19.8. The number of carbonyl (C=O) groups excluding carboxylic acids is 2. The minimum Gasteiger partial charge on any atom is -0.441 e. The van der Waals surface area contributed by atoms with Gasteiger partial charge in [0.05, 0.1) is 5.41 Å². The van der Waals surface area contributed by atoms with E-state index < -0.39 is 12.2 Å². The summed E-state index contributed by atoms with van der Waals surface area (Å²) in [6, 6.07) is 23.1. The minimum atomic E-state index is -0.670. The second-order valence-corrected chi connectivity index (χ2v) is 9.06. The first-order valence-corrected chi connectivity index (χ1v) is 11.7. The number of aldehydes is 1. The van der Waals surface area contributed by atoms with Crippen LogP contribution in [-0.4, -0.2) is 17.4 Å². The maximum Gasteiger partial charge on any atom is 0.414 e. The minimum absolute atomic E-state index is 0.196. The number of oxazole rings is 1. The lowest BCUT2D eigenvalue weighted by molar-refractivity contribution is -0.109. The molecule has 0 radical (unpaired) electrons. The molecule has 3 aromatic carbocycles. The summed E-state index contributed by atoms with van der Waals surface area (Å²) in [7, 11) is 0.